The molecule has 0 aliphatic carbocycles. The van der Waals surface area contributed by atoms with Crippen molar-refractivity contribution >= 4 is 5.91 Å². The summed E-state index contributed by atoms with van der Waals surface area (Å²) in [6.07, 6.45) is -6.84. The number of halogens is 3. The van der Waals surface area contributed by atoms with Crippen LogP contribution in [0, 0.1) is 0 Å². The predicted molar refractivity (Wildman–Crippen MR) is 52.6 cm³/mol. The molecule has 0 bridgehead atoms. The fraction of sp³-hybridized carbons (Fsp3) is 0.889. The fourth-order valence-electron chi connectivity index (χ4n) is 0.850. The van der Waals surface area contributed by atoms with Crippen LogP contribution >= 0.6 is 0 Å². The summed E-state index contributed by atoms with van der Waals surface area (Å²) in [5.41, 5.74) is 5.06. The Morgan fingerprint density at radius 2 is 1.94 bits per heavy atom. The number of nitrogens with two attached hydrogens (primary N) is 1. The molecule has 0 aromatic carbocycles. The number of carbonyl (C=O) groups excluding carboxylic acids is 1. The molecule has 0 saturated carbocycles. The van der Waals surface area contributed by atoms with Gasteiger partial charge in [0.25, 0.3) is 0 Å². The van der Waals surface area contributed by atoms with E-state index >= 15 is 0 Å². The Labute approximate surface area is 92.0 Å². The van der Waals surface area contributed by atoms with Crippen molar-refractivity contribution in [1.82, 2.24) is 5.32 Å². The van der Waals surface area contributed by atoms with E-state index in [0.29, 0.717) is 6.42 Å². The summed E-state index contributed by atoms with van der Waals surface area (Å²) < 4.78 is 35.6. The Balaban J connectivity index is 3.83. The number of rotatable bonds is 5. The number of hydrogen-bond donors (Lipinski definition) is 3. The van der Waals surface area contributed by atoms with Gasteiger partial charge in [-0.05, 0) is 20.3 Å². The molecule has 0 aromatic rings. The van der Waals surface area contributed by atoms with Crippen LogP contribution in [0.3, 0.4) is 0 Å². The van der Waals surface area contributed by atoms with E-state index in [9.17, 15) is 18.0 Å². The van der Waals surface area contributed by atoms with Crippen molar-refractivity contribution in [2.45, 2.75) is 44.5 Å². The maximum absolute atomic E-state index is 11.9. The summed E-state index contributed by atoms with van der Waals surface area (Å²) in [4.78, 5) is 11.1. The standard InChI is InChI=1S/C9H17F3N2O2/c1-8(2,13)4-3-7(16)14-5-6(15)9(10,11)12/h6,15H,3-5,13H2,1-2H3,(H,14,16). The van der Waals surface area contributed by atoms with Crippen LogP contribution in [-0.2, 0) is 4.79 Å². The number of hydrogen-bond acceptors (Lipinski definition) is 3. The summed E-state index contributed by atoms with van der Waals surface area (Å²) >= 11 is 0. The van der Waals surface area contributed by atoms with Gasteiger partial charge in [-0.25, -0.2) is 0 Å². The minimum Gasteiger partial charge on any atom is -0.382 e. The summed E-state index contributed by atoms with van der Waals surface area (Å²) in [6, 6.07) is 0. The minimum atomic E-state index is -4.71. The Kier molecular flexibility index (Phi) is 5.21. The first kappa shape index (κ1) is 15.2. The highest BCUT2D eigenvalue weighted by atomic mass is 19.4. The lowest BCUT2D eigenvalue weighted by atomic mass is 10.00. The van der Waals surface area contributed by atoms with Gasteiger partial charge >= 0.3 is 6.18 Å². The zero-order chi connectivity index (χ0) is 13.0. The minimum absolute atomic E-state index is 0.0358. The van der Waals surface area contributed by atoms with Crippen LogP contribution in [0.15, 0.2) is 0 Å². The summed E-state index contributed by atoms with van der Waals surface area (Å²) in [7, 11) is 0. The van der Waals surface area contributed by atoms with Gasteiger partial charge in [0.2, 0.25) is 5.91 Å². The third-order valence-corrected chi connectivity index (χ3v) is 1.87. The van der Waals surface area contributed by atoms with E-state index in [1.807, 2.05) is 5.32 Å². The predicted octanol–water partition coefficient (Wildman–Crippen LogP) is 0.543. The number of amides is 1. The zero-order valence-electron chi connectivity index (χ0n) is 9.27. The van der Waals surface area contributed by atoms with Crippen LogP contribution in [-0.4, -0.2) is 35.4 Å². The Morgan fingerprint density at radius 3 is 2.31 bits per heavy atom. The smallest absolute Gasteiger partial charge is 0.382 e. The second-order valence-corrected chi connectivity index (χ2v) is 4.35. The second-order valence-electron chi connectivity index (χ2n) is 4.35. The molecule has 0 aromatic heterocycles. The van der Waals surface area contributed by atoms with Crippen molar-refractivity contribution in [3.8, 4) is 0 Å². The number of nitrogens with one attached hydrogen (secondary N) is 1. The van der Waals surface area contributed by atoms with Crippen molar-refractivity contribution in [2.24, 2.45) is 5.73 Å². The molecule has 96 valence electrons. The molecule has 0 saturated heterocycles. The molecule has 16 heavy (non-hydrogen) atoms. The van der Waals surface area contributed by atoms with Crippen LogP contribution in [0.4, 0.5) is 13.2 Å². The van der Waals surface area contributed by atoms with Crippen molar-refractivity contribution in [2.75, 3.05) is 6.54 Å². The molecule has 4 nitrogen and oxygen atoms in total. The van der Waals surface area contributed by atoms with Gasteiger partial charge in [0.05, 0.1) is 6.54 Å². The first-order chi connectivity index (χ1) is 7.02. The van der Waals surface area contributed by atoms with Gasteiger partial charge < -0.3 is 16.2 Å². The lowest BCUT2D eigenvalue weighted by Gasteiger charge is -2.18. The monoisotopic (exact) mass is 242 g/mol. The molecular weight excluding hydrogens is 225 g/mol. The highest BCUT2D eigenvalue weighted by Gasteiger charge is 2.38. The summed E-state index contributed by atoms with van der Waals surface area (Å²) in [6.45, 7) is 2.60. The summed E-state index contributed by atoms with van der Waals surface area (Å²) in [5.74, 6) is -0.554. The normalized spacial score (nSPS) is 14.7. The van der Waals surface area contributed by atoms with Gasteiger partial charge in [-0.1, -0.05) is 0 Å². The number of carbonyl (C=O) groups is 1. The van der Waals surface area contributed by atoms with Gasteiger partial charge in [0.1, 0.15) is 0 Å². The molecule has 0 radical (unpaired) electrons. The number of alkyl halides is 3. The molecule has 7 heteroatoms. The maximum Gasteiger partial charge on any atom is 0.416 e. The van der Waals surface area contributed by atoms with Gasteiger partial charge in [-0.3, -0.25) is 4.79 Å². The Hall–Kier alpha value is -0.820. The first-order valence-corrected chi connectivity index (χ1v) is 4.83. The Bertz CT molecular complexity index is 236. The first-order valence-electron chi connectivity index (χ1n) is 4.83. The molecule has 4 N–H and O–H groups in total. The molecule has 0 heterocycles. The zero-order valence-corrected chi connectivity index (χ0v) is 9.27. The van der Waals surface area contributed by atoms with E-state index in [1.165, 1.54) is 0 Å². The topological polar surface area (TPSA) is 75.4 Å². The van der Waals surface area contributed by atoms with Crippen molar-refractivity contribution in [3.05, 3.63) is 0 Å². The SMILES string of the molecule is CC(C)(N)CCC(=O)NCC(O)C(F)(F)F. The molecular formula is C9H17F3N2O2. The van der Waals surface area contributed by atoms with E-state index in [4.69, 9.17) is 10.8 Å². The van der Waals surface area contributed by atoms with E-state index < -0.39 is 30.3 Å². The van der Waals surface area contributed by atoms with E-state index in [-0.39, 0.29) is 6.42 Å². The summed E-state index contributed by atoms with van der Waals surface area (Å²) in [5, 5.41) is 10.6. The quantitative estimate of drug-likeness (QED) is 0.658. The van der Waals surface area contributed by atoms with Crippen LogP contribution in [0.5, 0.6) is 0 Å². The Morgan fingerprint density at radius 1 is 1.44 bits per heavy atom. The fourth-order valence-corrected chi connectivity index (χ4v) is 0.850. The molecule has 0 aliphatic heterocycles. The molecule has 1 atom stereocenters. The van der Waals surface area contributed by atoms with Crippen LogP contribution in [0.2, 0.25) is 0 Å². The highest BCUT2D eigenvalue weighted by molar-refractivity contribution is 5.75. The molecule has 0 spiro atoms. The highest BCUT2D eigenvalue weighted by Crippen LogP contribution is 2.19. The third kappa shape index (κ3) is 7.47. The van der Waals surface area contributed by atoms with E-state index in [0.717, 1.165) is 0 Å². The average Bonchev–Trinajstić information content (AvgIpc) is 2.08. The van der Waals surface area contributed by atoms with Crippen molar-refractivity contribution in [3.63, 3.8) is 0 Å². The molecule has 0 fully saturated rings. The molecule has 0 aliphatic rings. The van der Waals surface area contributed by atoms with E-state index in [1.54, 1.807) is 13.8 Å². The lowest BCUT2D eigenvalue weighted by molar-refractivity contribution is -0.201. The molecule has 0 rings (SSSR count). The lowest BCUT2D eigenvalue weighted by Crippen LogP contribution is -2.41. The maximum atomic E-state index is 11.9. The molecule has 1 amide bonds. The largest absolute Gasteiger partial charge is 0.416 e. The number of aliphatic hydroxyl groups excluding tert-OH is 1. The third-order valence-electron chi connectivity index (χ3n) is 1.87. The van der Waals surface area contributed by atoms with E-state index in [2.05, 4.69) is 0 Å². The van der Waals surface area contributed by atoms with Crippen molar-refractivity contribution in [1.29, 1.82) is 0 Å². The van der Waals surface area contributed by atoms with Crippen LogP contribution < -0.4 is 11.1 Å². The van der Waals surface area contributed by atoms with Gasteiger partial charge in [0, 0.05) is 12.0 Å². The van der Waals surface area contributed by atoms with Gasteiger partial charge in [0.15, 0.2) is 6.10 Å². The molecule has 1 unspecified atom stereocenters. The van der Waals surface area contributed by atoms with Gasteiger partial charge in [-0.15, -0.1) is 0 Å². The van der Waals surface area contributed by atoms with Gasteiger partial charge in [-0.2, -0.15) is 13.2 Å². The van der Waals surface area contributed by atoms with Crippen molar-refractivity contribution < 1.29 is 23.1 Å². The average molecular weight is 242 g/mol. The second kappa shape index (κ2) is 5.49. The van der Waals surface area contributed by atoms with Crippen LogP contribution in [0.25, 0.3) is 0 Å². The number of aliphatic hydroxyl groups is 1. The van der Waals surface area contributed by atoms with Crippen LogP contribution in [0.1, 0.15) is 26.7 Å².